The van der Waals surface area contributed by atoms with Crippen LogP contribution in [0.2, 0.25) is 0 Å². The number of nitriles is 1. The highest BCUT2D eigenvalue weighted by Crippen LogP contribution is 2.42. The van der Waals surface area contributed by atoms with Gasteiger partial charge in [-0.25, -0.2) is 11.4 Å². The topological polar surface area (TPSA) is 671 Å². The molecule has 12 saturated heterocycles. The number of carbonyl (C=O) groups is 8. The third-order valence-corrected chi connectivity index (χ3v) is 17.7. The van der Waals surface area contributed by atoms with E-state index in [1.165, 1.54) is 41.5 Å². The molecule has 0 aromatic carbocycles. The van der Waals surface area contributed by atoms with Gasteiger partial charge in [-0.15, -0.1) is 6.42 Å². The number of hydrogen-bond acceptors (Lipinski definition) is 35. The van der Waals surface area contributed by atoms with E-state index in [4.69, 9.17) is 95.5 Å². The molecule has 0 aliphatic carbocycles. The monoisotopic (exact) mass is 1450 g/mol. The van der Waals surface area contributed by atoms with Crippen LogP contribution < -0.4 is 37.6 Å². The Morgan fingerprint density at radius 1 is 0.455 bits per heavy atom. The highest BCUT2D eigenvalue weighted by atomic mass is 16.8. The van der Waals surface area contributed by atoms with Crippen molar-refractivity contribution >= 4 is 53.5 Å². The molecule has 44 nitrogen and oxygen atoms in total. The van der Waals surface area contributed by atoms with Gasteiger partial charge in [0.2, 0.25) is 58.8 Å². The summed E-state index contributed by atoms with van der Waals surface area (Å²) in [5.74, 6) is -2.24. The Balaban J connectivity index is 0.000000189. The molecule has 12 aliphatic rings. The van der Waals surface area contributed by atoms with Crippen LogP contribution in [0.3, 0.4) is 0 Å². The number of nitrogens with one attached hydrogen (secondary N) is 6. The Morgan fingerprint density at radius 2 is 0.752 bits per heavy atom. The number of rotatable bonds is 9. The van der Waals surface area contributed by atoms with E-state index < -0.39 is 205 Å². The zero-order valence-electron chi connectivity index (χ0n) is 54.7. The van der Waals surface area contributed by atoms with E-state index in [1.54, 1.807) is 13.0 Å². The molecule has 21 N–H and O–H groups in total. The number of carboxylic acid groups (broad SMARTS) is 1. The number of fused-ring (bicyclic) bond motifs is 12. The standard InChI is InChI=1S/C10H14N2O5.C10H13NO5.C9H14N2O6.C9H12N2O5.C9H13NO7.C9H15NO5.CO2/c1-5(13)12-6-7(14)8(15)10(3-11-2)4-16-9(6)17-10;1-3-10-4-15-9(16-10)6(11-5(2)12)7(13)8(10)14;1-3(12)11-4-5(13)6(14)9(8(10)15)2-16-7(4)17-9;1-4(12)11-5-6(13)7(14)9(2-10)3-15-8(5)16-9;1-3(11)10-4-5(12)6(13)9(8(14)15)2-16-7(4)17-9;1-4(11)10-5-6(12)7(13)9(2)3-14-8(5)15-9;2-1-3/h6-9,14-15H,3-4H2,1H3,(H,12,13);1,6-9,13-14H,4H2,2H3,(H,11,12);4-7,13-14H,2H2,1H3,(H2,10,15)(H,11,12);5-8,13-14H,3H2,1H3,(H,11,12);4-7,12-13H,2H2,1H3,(H,10,11)(H,14,15);5-8,12-13H,3H2,1-2H3,(H,10,11);/t2*6-,7-,8-,9+,10+;4-,5-,6-,7+,9+;5-,6-,7-,8+,9+;4-,5-,6-,7+,9+;5-,6-,7-,8+,9+;/m111111./s1. The van der Waals surface area contributed by atoms with Gasteiger partial charge in [0.1, 0.15) is 121 Å². The summed E-state index contributed by atoms with van der Waals surface area (Å²) in [6.07, 6.45) is -15.6. The zero-order valence-corrected chi connectivity index (χ0v) is 54.7. The Kier molecular flexibility index (Phi) is 27.0. The van der Waals surface area contributed by atoms with Crippen molar-refractivity contribution in [3.05, 3.63) is 11.4 Å². The van der Waals surface area contributed by atoms with E-state index in [0.29, 0.717) is 0 Å². The fraction of sp³-hybridized carbons (Fsp3) is 0.772. The first-order chi connectivity index (χ1) is 47.1. The number of nitrogens with two attached hydrogens (primary N) is 1. The van der Waals surface area contributed by atoms with Crippen LogP contribution in [0.15, 0.2) is 0 Å². The van der Waals surface area contributed by atoms with Crippen LogP contribution >= 0.6 is 0 Å². The van der Waals surface area contributed by atoms with Crippen molar-refractivity contribution in [3.63, 3.8) is 0 Å². The molecule has 0 aromatic rings. The van der Waals surface area contributed by atoms with Gasteiger partial charge < -0.3 is 166 Å². The summed E-state index contributed by atoms with van der Waals surface area (Å²) >= 11 is 0. The van der Waals surface area contributed by atoms with Gasteiger partial charge in [0, 0.05) is 41.5 Å². The van der Waals surface area contributed by atoms with E-state index in [0.717, 1.165) is 0 Å². The van der Waals surface area contributed by atoms with E-state index in [2.05, 4.69) is 42.7 Å². The van der Waals surface area contributed by atoms with Crippen molar-refractivity contribution < 1.29 is 171 Å². The van der Waals surface area contributed by atoms with Crippen molar-refractivity contribution in [2.75, 3.05) is 46.2 Å². The molecule has 0 radical (unpaired) electrons. The Hall–Kier alpha value is -7.28. The fourth-order valence-corrected chi connectivity index (χ4v) is 12.4. The van der Waals surface area contributed by atoms with Crippen LogP contribution in [0, 0.1) is 30.2 Å². The van der Waals surface area contributed by atoms with Gasteiger partial charge in [0.05, 0.1) is 39.6 Å². The Labute approximate surface area is 571 Å². The molecular formula is C57H81N9O35. The van der Waals surface area contributed by atoms with Crippen LogP contribution in [-0.2, 0) is 105 Å². The number of ether oxygens (including phenoxy) is 12. The maximum absolute atomic E-state index is 11.3. The number of aliphatic hydroxyl groups excluding tert-OH is 12. The van der Waals surface area contributed by atoms with Gasteiger partial charge in [0.15, 0.2) is 48.9 Å². The number of nitrogens with zero attached hydrogens (tertiary/aromatic N) is 2. The maximum Gasteiger partial charge on any atom is 0.373 e. The molecule has 564 valence electrons. The van der Waals surface area contributed by atoms with Crippen molar-refractivity contribution in [2.45, 2.75) is 229 Å². The van der Waals surface area contributed by atoms with Crippen LogP contribution in [0.5, 0.6) is 0 Å². The SMILES string of the molecule is C#C[C@@]12CO[C@@H](O1)[C@H](NC(C)=O)[C@@H](O)[C@H]2O.CC(=O)N[C@H]1[C@H]2OC[C@](C#N)(O2)[C@H](O)[C@@H]1O.CC(=O)N[C@H]1[C@H]2OC[C@](C(=O)O)(O2)[C@H](O)[C@@H]1O.CC(=O)N[C@H]1[C@H]2OC[C@](C(N)=O)(O2)[C@H](O)[C@@H]1O.CC(=O)N[C@H]1[C@H]2OC[C@](C)(O2)[C@H](O)[C@@H]1O.O=C=O.[C-]#[N+]C[C@@]12CO[C@@H](O1)[C@H](NC(C)=O)[C@@H](O)[C@H]2O. The number of amides is 7. The summed E-state index contributed by atoms with van der Waals surface area (Å²) in [7, 11) is 0. The lowest BCUT2D eigenvalue weighted by Gasteiger charge is -2.40. The summed E-state index contributed by atoms with van der Waals surface area (Å²) in [5, 5.41) is 151. The molecule has 12 aliphatic heterocycles. The lowest BCUT2D eigenvalue weighted by atomic mass is 9.87. The molecule has 12 bridgehead atoms. The molecule has 0 aromatic heterocycles. The molecule has 12 rings (SSSR count). The molecule has 30 atom stereocenters. The predicted molar refractivity (Wildman–Crippen MR) is 312 cm³/mol. The zero-order chi connectivity index (χ0) is 76.0. The highest BCUT2D eigenvalue weighted by Gasteiger charge is 2.67. The molecular weight excluding hydrogens is 1370 g/mol. The quantitative estimate of drug-likeness (QED) is 0.0753. The van der Waals surface area contributed by atoms with E-state index in [1.807, 2.05) is 0 Å². The fourth-order valence-electron chi connectivity index (χ4n) is 12.4. The third-order valence-electron chi connectivity index (χ3n) is 17.7. The minimum Gasteiger partial charge on any atom is -0.479 e. The predicted octanol–water partition coefficient (Wildman–Crippen LogP) is -13.9. The molecule has 0 spiro atoms. The average Bonchev–Trinajstić information content (AvgIpc) is 1.62. The number of primary amides is 1. The van der Waals surface area contributed by atoms with Crippen molar-refractivity contribution in [2.24, 2.45) is 5.73 Å². The summed E-state index contributed by atoms with van der Waals surface area (Å²) in [6, 6.07) is -3.33. The second-order valence-electron chi connectivity index (χ2n) is 25.0. The van der Waals surface area contributed by atoms with E-state index >= 15 is 0 Å². The first-order valence-corrected chi connectivity index (χ1v) is 30.4. The number of hydrogen-bond donors (Lipinski definition) is 20. The van der Waals surface area contributed by atoms with Crippen molar-refractivity contribution in [3.8, 4) is 18.4 Å². The molecule has 0 saturated carbocycles. The van der Waals surface area contributed by atoms with E-state index in [-0.39, 0.29) is 76.0 Å². The minimum atomic E-state index is -1.96. The molecule has 12 fully saturated rings. The van der Waals surface area contributed by atoms with Crippen molar-refractivity contribution in [1.82, 2.24) is 31.9 Å². The summed E-state index contributed by atoms with van der Waals surface area (Å²) in [6.45, 7) is 15.6. The van der Waals surface area contributed by atoms with Gasteiger partial charge in [-0.05, 0) is 6.92 Å². The normalized spacial score (nSPS) is 44.4. The first-order valence-electron chi connectivity index (χ1n) is 30.4. The molecule has 101 heavy (non-hydrogen) atoms. The smallest absolute Gasteiger partial charge is 0.373 e. The van der Waals surface area contributed by atoms with Crippen LogP contribution in [0.25, 0.3) is 4.85 Å². The van der Waals surface area contributed by atoms with E-state index in [9.17, 15) is 99.6 Å². The second-order valence-corrected chi connectivity index (χ2v) is 25.0. The van der Waals surface area contributed by atoms with Crippen molar-refractivity contribution in [1.29, 1.82) is 5.26 Å². The number of aliphatic carboxylic acids is 1. The lowest BCUT2D eigenvalue weighted by molar-refractivity contribution is -0.231. The Morgan fingerprint density at radius 3 is 1.14 bits per heavy atom. The highest BCUT2D eigenvalue weighted by molar-refractivity contribution is 5.85. The molecule has 44 heteroatoms. The first kappa shape index (κ1) is 82.7. The summed E-state index contributed by atoms with van der Waals surface area (Å²) in [4.78, 5) is 107. The molecule has 0 unspecified atom stereocenters. The third kappa shape index (κ3) is 16.9. The van der Waals surface area contributed by atoms with Gasteiger partial charge in [-0.3, -0.25) is 33.6 Å². The van der Waals surface area contributed by atoms with Gasteiger partial charge in [-0.2, -0.15) is 14.9 Å². The number of terminal acetylenes is 1. The van der Waals surface area contributed by atoms with Gasteiger partial charge in [-0.1, -0.05) is 5.92 Å². The summed E-state index contributed by atoms with van der Waals surface area (Å²) < 4.78 is 62.9. The number of aliphatic hydroxyl groups is 12. The Bertz CT molecular complexity index is 3070. The van der Waals surface area contributed by atoms with Crippen LogP contribution in [0.4, 0.5) is 0 Å². The second kappa shape index (κ2) is 33.0. The molecule has 7 amide bonds. The number of carbonyl (C=O) groups excluding carboxylic acids is 9. The minimum absolute atomic E-state index is 0.00246. The average molecular weight is 1450 g/mol. The largest absolute Gasteiger partial charge is 0.479 e. The number of carboxylic acids is 1. The lowest BCUT2D eigenvalue weighted by Crippen LogP contribution is -2.68. The summed E-state index contributed by atoms with van der Waals surface area (Å²) in [5.41, 5.74) is -3.45. The maximum atomic E-state index is 11.3. The molecule has 12 heterocycles. The van der Waals surface area contributed by atoms with Crippen LogP contribution in [0.1, 0.15) is 48.5 Å². The van der Waals surface area contributed by atoms with Gasteiger partial charge in [0.25, 0.3) is 5.91 Å². The van der Waals surface area contributed by atoms with Gasteiger partial charge >= 0.3 is 12.1 Å². The van der Waals surface area contributed by atoms with Crippen LogP contribution in [-0.4, -0.2) is 347 Å².